The summed E-state index contributed by atoms with van der Waals surface area (Å²) in [5.41, 5.74) is 0.440. The SMILES string of the molecule is CC(C)(C)OC(=O)NCc1cc(F)c(C(=O)O)cc1C1CC1. The van der Waals surface area contributed by atoms with Crippen molar-refractivity contribution in [3.8, 4) is 0 Å². The van der Waals surface area contributed by atoms with E-state index in [1.165, 1.54) is 12.1 Å². The maximum Gasteiger partial charge on any atom is 0.407 e. The van der Waals surface area contributed by atoms with Crippen molar-refractivity contribution in [1.82, 2.24) is 5.32 Å². The van der Waals surface area contributed by atoms with Gasteiger partial charge in [0, 0.05) is 6.54 Å². The summed E-state index contributed by atoms with van der Waals surface area (Å²) < 4.78 is 19.0. The van der Waals surface area contributed by atoms with E-state index < -0.39 is 23.5 Å². The summed E-state index contributed by atoms with van der Waals surface area (Å²) in [4.78, 5) is 22.7. The molecule has 1 aromatic carbocycles. The lowest BCUT2D eigenvalue weighted by Gasteiger charge is -2.20. The van der Waals surface area contributed by atoms with E-state index in [1.54, 1.807) is 20.8 Å². The van der Waals surface area contributed by atoms with E-state index in [1.807, 2.05) is 0 Å². The van der Waals surface area contributed by atoms with Gasteiger partial charge in [0.1, 0.15) is 11.4 Å². The molecule has 0 unspecified atom stereocenters. The van der Waals surface area contributed by atoms with E-state index in [0.717, 1.165) is 18.4 Å². The molecule has 22 heavy (non-hydrogen) atoms. The number of benzene rings is 1. The lowest BCUT2D eigenvalue weighted by atomic mass is 9.99. The fraction of sp³-hybridized carbons (Fsp3) is 0.500. The number of hydrogen-bond acceptors (Lipinski definition) is 3. The zero-order valence-electron chi connectivity index (χ0n) is 12.9. The van der Waals surface area contributed by atoms with Crippen LogP contribution in [-0.2, 0) is 11.3 Å². The summed E-state index contributed by atoms with van der Waals surface area (Å²) in [6.45, 7) is 5.37. The van der Waals surface area contributed by atoms with E-state index in [9.17, 15) is 14.0 Å². The topological polar surface area (TPSA) is 75.6 Å². The van der Waals surface area contributed by atoms with Crippen LogP contribution in [0.15, 0.2) is 12.1 Å². The van der Waals surface area contributed by atoms with Crippen LogP contribution in [0.5, 0.6) is 0 Å². The van der Waals surface area contributed by atoms with Gasteiger partial charge in [0.05, 0.1) is 5.56 Å². The highest BCUT2D eigenvalue weighted by molar-refractivity contribution is 5.88. The van der Waals surface area contributed by atoms with Gasteiger partial charge in [-0.2, -0.15) is 0 Å². The first kappa shape index (κ1) is 16.3. The number of halogens is 1. The van der Waals surface area contributed by atoms with Crippen LogP contribution >= 0.6 is 0 Å². The van der Waals surface area contributed by atoms with E-state index in [4.69, 9.17) is 9.84 Å². The number of nitrogens with one attached hydrogen (secondary N) is 1. The number of rotatable bonds is 4. The fourth-order valence-electron chi connectivity index (χ4n) is 2.20. The Morgan fingerprint density at radius 2 is 2.00 bits per heavy atom. The number of carbonyl (C=O) groups is 2. The predicted octanol–water partition coefficient (Wildman–Crippen LogP) is 3.43. The van der Waals surface area contributed by atoms with Crippen LogP contribution in [0.3, 0.4) is 0 Å². The van der Waals surface area contributed by atoms with Gasteiger partial charge in [0.2, 0.25) is 0 Å². The summed E-state index contributed by atoms with van der Waals surface area (Å²) >= 11 is 0. The van der Waals surface area contributed by atoms with E-state index in [-0.39, 0.29) is 18.0 Å². The molecule has 0 aromatic heterocycles. The Kier molecular flexibility index (Phi) is 4.39. The van der Waals surface area contributed by atoms with Crippen molar-refractivity contribution in [3.05, 3.63) is 34.6 Å². The number of ether oxygens (including phenoxy) is 1. The first-order valence-electron chi connectivity index (χ1n) is 7.20. The Hall–Kier alpha value is -2.11. The standard InChI is InChI=1S/C16H20FNO4/c1-16(2,3)22-15(21)18-8-10-6-13(17)12(14(19)20)7-11(10)9-4-5-9/h6-7,9H,4-5,8H2,1-3H3,(H,18,21)(H,19,20). The minimum Gasteiger partial charge on any atom is -0.478 e. The van der Waals surface area contributed by atoms with Crippen LogP contribution in [0, 0.1) is 5.82 Å². The molecule has 0 radical (unpaired) electrons. The Morgan fingerprint density at radius 1 is 1.36 bits per heavy atom. The van der Waals surface area contributed by atoms with Gasteiger partial charge in [-0.25, -0.2) is 14.0 Å². The van der Waals surface area contributed by atoms with Gasteiger partial charge in [-0.05, 0) is 62.8 Å². The third-order valence-corrected chi connectivity index (χ3v) is 3.30. The average molecular weight is 309 g/mol. The molecule has 120 valence electrons. The zero-order valence-corrected chi connectivity index (χ0v) is 12.9. The highest BCUT2D eigenvalue weighted by atomic mass is 19.1. The van der Waals surface area contributed by atoms with Gasteiger partial charge in [-0.1, -0.05) is 0 Å². The molecule has 5 nitrogen and oxygen atoms in total. The van der Waals surface area contributed by atoms with Crippen molar-refractivity contribution in [2.24, 2.45) is 0 Å². The molecule has 0 atom stereocenters. The smallest absolute Gasteiger partial charge is 0.407 e. The summed E-state index contributed by atoms with van der Waals surface area (Å²) in [5.74, 6) is -1.84. The zero-order chi connectivity index (χ0) is 16.5. The minimum atomic E-state index is -1.29. The molecule has 0 heterocycles. The molecular formula is C16H20FNO4. The molecule has 1 aromatic rings. The van der Waals surface area contributed by atoms with Crippen molar-refractivity contribution in [3.63, 3.8) is 0 Å². The molecule has 0 spiro atoms. The number of amides is 1. The van der Waals surface area contributed by atoms with Crippen molar-refractivity contribution < 1.29 is 23.8 Å². The van der Waals surface area contributed by atoms with Gasteiger partial charge in [-0.15, -0.1) is 0 Å². The molecule has 1 aliphatic carbocycles. The predicted molar refractivity (Wildman–Crippen MR) is 78.4 cm³/mol. The van der Waals surface area contributed by atoms with Crippen molar-refractivity contribution in [2.45, 2.75) is 51.7 Å². The first-order valence-corrected chi connectivity index (χ1v) is 7.20. The van der Waals surface area contributed by atoms with E-state index in [0.29, 0.717) is 5.56 Å². The second-order valence-electron chi connectivity index (χ2n) is 6.47. The quantitative estimate of drug-likeness (QED) is 0.893. The van der Waals surface area contributed by atoms with Crippen LogP contribution in [0.4, 0.5) is 9.18 Å². The molecule has 1 amide bonds. The molecule has 1 saturated carbocycles. The second-order valence-corrected chi connectivity index (χ2v) is 6.47. The van der Waals surface area contributed by atoms with Crippen molar-refractivity contribution >= 4 is 12.1 Å². The van der Waals surface area contributed by atoms with Gasteiger partial charge in [-0.3, -0.25) is 0 Å². The lowest BCUT2D eigenvalue weighted by molar-refractivity contribution is 0.0522. The third-order valence-electron chi connectivity index (χ3n) is 3.30. The summed E-state index contributed by atoms with van der Waals surface area (Å²) in [7, 11) is 0. The van der Waals surface area contributed by atoms with Crippen LogP contribution in [0.2, 0.25) is 0 Å². The third kappa shape index (κ3) is 4.19. The number of carboxylic acids is 1. The monoisotopic (exact) mass is 309 g/mol. The summed E-state index contributed by atoms with van der Waals surface area (Å²) in [6, 6.07) is 2.57. The molecule has 1 aliphatic rings. The molecule has 0 aliphatic heterocycles. The summed E-state index contributed by atoms with van der Waals surface area (Å²) in [6.07, 6.45) is 1.31. The minimum absolute atomic E-state index is 0.109. The first-order chi connectivity index (χ1) is 10.2. The molecular weight excluding hydrogens is 289 g/mol. The van der Waals surface area contributed by atoms with Crippen molar-refractivity contribution in [2.75, 3.05) is 0 Å². The molecule has 0 bridgehead atoms. The normalized spacial score (nSPS) is 14.5. The van der Waals surface area contributed by atoms with Crippen LogP contribution in [0.25, 0.3) is 0 Å². The van der Waals surface area contributed by atoms with Gasteiger partial charge >= 0.3 is 12.1 Å². The summed E-state index contributed by atoms with van der Waals surface area (Å²) in [5, 5.41) is 11.6. The molecule has 2 N–H and O–H groups in total. The van der Waals surface area contributed by atoms with E-state index in [2.05, 4.69) is 5.32 Å². The Balaban J connectivity index is 2.15. The number of carbonyl (C=O) groups excluding carboxylic acids is 1. The highest BCUT2D eigenvalue weighted by Gasteiger charge is 2.28. The van der Waals surface area contributed by atoms with Gasteiger partial charge in [0.15, 0.2) is 0 Å². The fourth-order valence-corrected chi connectivity index (χ4v) is 2.20. The molecule has 0 saturated heterocycles. The second kappa shape index (κ2) is 5.94. The van der Waals surface area contributed by atoms with Crippen molar-refractivity contribution in [1.29, 1.82) is 0 Å². The molecule has 1 fully saturated rings. The number of hydrogen-bond donors (Lipinski definition) is 2. The Labute approximate surface area is 128 Å². The lowest BCUT2D eigenvalue weighted by Crippen LogP contribution is -2.32. The number of aromatic carboxylic acids is 1. The highest BCUT2D eigenvalue weighted by Crippen LogP contribution is 2.42. The maximum absolute atomic E-state index is 13.8. The van der Waals surface area contributed by atoms with E-state index >= 15 is 0 Å². The number of alkyl carbamates (subject to hydrolysis) is 1. The van der Waals surface area contributed by atoms with Crippen LogP contribution < -0.4 is 5.32 Å². The average Bonchev–Trinajstić information content (AvgIpc) is 3.18. The molecule has 2 rings (SSSR count). The molecule has 6 heteroatoms. The maximum atomic E-state index is 13.8. The van der Waals surface area contributed by atoms with Gasteiger partial charge in [0.25, 0.3) is 0 Å². The van der Waals surface area contributed by atoms with Crippen LogP contribution in [-0.4, -0.2) is 22.8 Å². The number of carboxylic acid groups (broad SMARTS) is 1. The largest absolute Gasteiger partial charge is 0.478 e. The Bertz CT molecular complexity index is 603. The Morgan fingerprint density at radius 3 is 2.50 bits per heavy atom. The van der Waals surface area contributed by atoms with Crippen LogP contribution in [0.1, 0.15) is 61.0 Å². The van der Waals surface area contributed by atoms with Gasteiger partial charge < -0.3 is 15.2 Å².